The van der Waals surface area contributed by atoms with E-state index >= 15 is 0 Å². The number of piperidine rings is 1. The lowest BCUT2D eigenvalue weighted by atomic mass is 9.96. The fourth-order valence-corrected chi connectivity index (χ4v) is 2.39. The van der Waals surface area contributed by atoms with Crippen LogP contribution >= 0.6 is 0 Å². The lowest BCUT2D eigenvalue weighted by molar-refractivity contribution is 0.741. The van der Waals surface area contributed by atoms with E-state index in [1.165, 1.54) is 16.8 Å². The maximum absolute atomic E-state index is 3.28. The molecule has 3 rings (SSSR count). The average molecular weight is 212 g/mol. The van der Waals surface area contributed by atoms with Gasteiger partial charge in [0, 0.05) is 31.5 Å². The normalized spacial score (nSPS) is 19.4. The number of rotatable bonds is 1. The van der Waals surface area contributed by atoms with E-state index < -0.39 is 0 Å². The van der Waals surface area contributed by atoms with Crippen LogP contribution in [0.15, 0.2) is 53.8 Å². The molecule has 2 nitrogen and oxygen atoms in total. The topological polar surface area (TPSA) is 15.3 Å². The number of dihydropyridines is 1. The predicted molar refractivity (Wildman–Crippen MR) is 67.4 cm³/mol. The molecule has 0 aliphatic carbocycles. The van der Waals surface area contributed by atoms with E-state index in [1.807, 2.05) is 0 Å². The maximum Gasteiger partial charge on any atom is 0.0430 e. The molecule has 1 fully saturated rings. The van der Waals surface area contributed by atoms with Gasteiger partial charge in [0.1, 0.15) is 0 Å². The number of nitrogens with zero attached hydrogens (tertiary/aromatic N) is 1. The molecule has 1 aromatic carbocycles. The average Bonchev–Trinajstić information content (AvgIpc) is 2.39. The minimum absolute atomic E-state index is 0.974. The van der Waals surface area contributed by atoms with E-state index in [0.717, 1.165) is 26.1 Å². The SMILES string of the molecule is C1=C2CCN(c3ccccc3)CC2=CCN1. The van der Waals surface area contributed by atoms with Crippen LogP contribution in [0.1, 0.15) is 6.42 Å². The molecule has 0 amide bonds. The van der Waals surface area contributed by atoms with Crippen LogP contribution in [-0.4, -0.2) is 19.6 Å². The summed E-state index contributed by atoms with van der Waals surface area (Å²) in [6, 6.07) is 10.7. The molecule has 0 atom stereocenters. The highest BCUT2D eigenvalue weighted by atomic mass is 15.1. The van der Waals surface area contributed by atoms with Crippen LogP contribution < -0.4 is 10.2 Å². The highest BCUT2D eigenvalue weighted by Crippen LogP contribution is 2.26. The van der Waals surface area contributed by atoms with Gasteiger partial charge in [-0.05, 0) is 29.7 Å². The Kier molecular flexibility index (Phi) is 2.41. The number of para-hydroxylation sites is 1. The second kappa shape index (κ2) is 4.05. The van der Waals surface area contributed by atoms with Crippen LogP contribution in [0.2, 0.25) is 0 Å². The number of fused-ring (bicyclic) bond motifs is 1. The van der Waals surface area contributed by atoms with E-state index in [4.69, 9.17) is 0 Å². The van der Waals surface area contributed by atoms with E-state index in [2.05, 4.69) is 52.8 Å². The first-order chi connectivity index (χ1) is 7.93. The summed E-state index contributed by atoms with van der Waals surface area (Å²) in [5.74, 6) is 0. The molecule has 1 aromatic rings. The van der Waals surface area contributed by atoms with Crippen molar-refractivity contribution in [1.82, 2.24) is 5.32 Å². The molecule has 2 aliphatic rings. The van der Waals surface area contributed by atoms with Gasteiger partial charge in [0.2, 0.25) is 0 Å². The van der Waals surface area contributed by atoms with Gasteiger partial charge in [0.15, 0.2) is 0 Å². The van der Waals surface area contributed by atoms with Gasteiger partial charge in [0.05, 0.1) is 0 Å². The van der Waals surface area contributed by atoms with E-state index in [1.54, 1.807) is 0 Å². The van der Waals surface area contributed by atoms with Gasteiger partial charge in [-0.15, -0.1) is 0 Å². The van der Waals surface area contributed by atoms with Crippen LogP contribution in [-0.2, 0) is 0 Å². The van der Waals surface area contributed by atoms with Crippen LogP contribution in [0.3, 0.4) is 0 Å². The van der Waals surface area contributed by atoms with Gasteiger partial charge in [-0.25, -0.2) is 0 Å². The third kappa shape index (κ3) is 1.71. The largest absolute Gasteiger partial charge is 0.387 e. The van der Waals surface area contributed by atoms with Gasteiger partial charge >= 0.3 is 0 Å². The van der Waals surface area contributed by atoms with Gasteiger partial charge in [-0.3, -0.25) is 0 Å². The zero-order chi connectivity index (χ0) is 10.8. The second-order valence-electron chi connectivity index (χ2n) is 4.31. The molecule has 0 aromatic heterocycles. The highest BCUT2D eigenvalue weighted by molar-refractivity contribution is 5.52. The van der Waals surface area contributed by atoms with E-state index in [0.29, 0.717) is 0 Å². The number of anilines is 1. The zero-order valence-corrected chi connectivity index (χ0v) is 9.32. The quantitative estimate of drug-likeness (QED) is 0.768. The Morgan fingerprint density at radius 3 is 2.81 bits per heavy atom. The van der Waals surface area contributed by atoms with Crippen molar-refractivity contribution in [2.75, 3.05) is 24.5 Å². The van der Waals surface area contributed by atoms with Crippen molar-refractivity contribution in [2.45, 2.75) is 6.42 Å². The van der Waals surface area contributed by atoms with Gasteiger partial charge in [-0.2, -0.15) is 0 Å². The molecule has 1 N–H and O–H groups in total. The standard InChI is InChI=1S/C14H16N2/c1-2-4-14(5-3-1)16-9-7-12-10-15-8-6-13(12)11-16/h1-6,10,15H,7-9,11H2. The smallest absolute Gasteiger partial charge is 0.0430 e. The summed E-state index contributed by atoms with van der Waals surface area (Å²) in [6.45, 7) is 3.15. The fourth-order valence-electron chi connectivity index (χ4n) is 2.39. The summed E-state index contributed by atoms with van der Waals surface area (Å²) in [6.07, 6.45) is 5.63. The zero-order valence-electron chi connectivity index (χ0n) is 9.32. The van der Waals surface area contributed by atoms with Crippen molar-refractivity contribution in [3.8, 4) is 0 Å². The fraction of sp³-hybridized carbons (Fsp3) is 0.286. The Morgan fingerprint density at radius 2 is 1.94 bits per heavy atom. The maximum atomic E-state index is 3.28. The molecule has 16 heavy (non-hydrogen) atoms. The second-order valence-corrected chi connectivity index (χ2v) is 4.31. The van der Waals surface area contributed by atoms with Gasteiger partial charge in [0.25, 0.3) is 0 Å². The molecule has 0 radical (unpaired) electrons. The number of benzene rings is 1. The van der Waals surface area contributed by atoms with Gasteiger partial charge in [-0.1, -0.05) is 24.3 Å². The molecule has 82 valence electrons. The number of nitrogens with one attached hydrogen (secondary N) is 1. The van der Waals surface area contributed by atoms with Crippen molar-refractivity contribution >= 4 is 5.69 Å². The first-order valence-electron chi connectivity index (χ1n) is 5.85. The van der Waals surface area contributed by atoms with Gasteiger partial charge < -0.3 is 10.2 Å². The third-order valence-electron chi connectivity index (χ3n) is 3.29. The van der Waals surface area contributed by atoms with Crippen molar-refractivity contribution < 1.29 is 0 Å². The van der Waals surface area contributed by atoms with Crippen molar-refractivity contribution in [3.05, 3.63) is 53.8 Å². The number of hydrogen-bond donors (Lipinski definition) is 1. The summed E-state index contributed by atoms with van der Waals surface area (Å²) in [5.41, 5.74) is 4.31. The van der Waals surface area contributed by atoms with Crippen molar-refractivity contribution in [1.29, 1.82) is 0 Å². The Morgan fingerprint density at radius 1 is 1.06 bits per heavy atom. The highest BCUT2D eigenvalue weighted by Gasteiger charge is 2.19. The summed E-state index contributed by atoms with van der Waals surface area (Å²) >= 11 is 0. The molecule has 0 spiro atoms. The molecule has 0 bridgehead atoms. The first kappa shape index (κ1) is 9.52. The van der Waals surface area contributed by atoms with E-state index in [9.17, 15) is 0 Å². The summed E-state index contributed by atoms with van der Waals surface area (Å²) < 4.78 is 0. The third-order valence-corrected chi connectivity index (χ3v) is 3.29. The van der Waals surface area contributed by atoms with Crippen LogP contribution in [0.5, 0.6) is 0 Å². The monoisotopic (exact) mass is 212 g/mol. The van der Waals surface area contributed by atoms with Crippen molar-refractivity contribution in [2.24, 2.45) is 0 Å². The lowest BCUT2D eigenvalue weighted by Crippen LogP contribution is -2.34. The first-order valence-corrected chi connectivity index (χ1v) is 5.85. The lowest BCUT2D eigenvalue weighted by Gasteiger charge is -2.33. The van der Waals surface area contributed by atoms with Crippen LogP contribution in [0, 0.1) is 0 Å². The summed E-state index contributed by atoms with van der Waals surface area (Å²) in [7, 11) is 0. The molecular weight excluding hydrogens is 196 g/mol. The van der Waals surface area contributed by atoms with Crippen LogP contribution in [0.25, 0.3) is 0 Å². The minimum atomic E-state index is 0.974. The van der Waals surface area contributed by atoms with E-state index in [-0.39, 0.29) is 0 Å². The molecule has 2 heteroatoms. The Balaban J connectivity index is 1.81. The molecule has 0 saturated carbocycles. The Labute approximate surface area is 96.3 Å². The van der Waals surface area contributed by atoms with Crippen molar-refractivity contribution in [3.63, 3.8) is 0 Å². The van der Waals surface area contributed by atoms with Crippen LogP contribution in [0.4, 0.5) is 5.69 Å². The molecule has 1 saturated heterocycles. The predicted octanol–water partition coefficient (Wildman–Crippen LogP) is 2.31. The number of hydrogen-bond acceptors (Lipinski definition) is 2. The summed E-state index contributed by atoms with van der Waals surface area (Å²) in [4.78, 5) is 2.45. The molecule has 0 unspecified atom stereocenters. The Bertz CT molecular complexity index is 431. The summed E-state index contributed by atoms with van der Waals surface area (Å²) in [5, 5.41) is 3.28. The Hall–Kier alpha value is -1.70. The molecular formula is C14H16N2. The minimum Gasteiger partial charge on any atom is -0.387 e. The molecule has 2 heterocycles. The molecule has 2 aliphatic heterocycles.